The molecule has 11 aromatic carbocycles. The molecular weight excluding hydrogens is 961 g/mol. The Kier molecular flexibility index (Phi) is 13.2. The Labute approximate surface area is 464 Å². The van der Waals surface area contributed by atoms with Crippen LogP contribution in [0.3, 0.4) is 0 Å². The lowest BCUT2D eigenvalue weighted by atomic mass is 9.67. The number of unbranched alkanes of at least 4 members (excludes halogenated alkanes) is 1. The Morgan fingerprint density at radius 3 is 1.91 bits per heavy atom. The smallest absolute Gasteiger partial charge is 0.127 e. The molecular formula is C75H62N2O2. The van der Waals surface area contributed by atoms with Crippen LogP contribution in [-0.2, 0) is 5.41 Å². The van der Waals surface area contributed by atoms with Crippen LogP contribution >= 0.6 is 0 Å². The van der Waals surface area contributed by atoms with E-state index in [1.54, 1.807) is 0 Å². The van der Waals surface area contributed by atoms with Crippen LogP contribution in [0.5, 0.6) is 17.2 Å². The van der Waals surface area contributed by atoms with Gasteiger partial charge in [0.15, 0.2) is 0 Å². The minimum absolute atomic E-state index is 0.584. The van der Waals surface area contributed by atoms with E-state index in [4.69, 9.17) is 9.47 Å². The second-order valence-corrected chi connectivity index (χ2v) is 21.0. The van der Waals surface area contributed by atoms with Gasteiger partial charge < -0.3 is 18.9 Å². The molecule has 13 rings (SSSR count). The molecule has 1 aliphatic carbocycles. The summed E-state index contributed by atoms with van der Waals surface area (Å²) in [5.41, 5.74) is 16.8. The van der Waals surface area contributed by atoms with E-state index in [0.717, 1.165) is 64.2 Å². The molecule has 1 aromatic heterocycles. The first-order chi connectivity index (χ1) is 39.0. The molecule has 0 saturated heterocycles. The molecule has 0 saturated carbocycles. The third-order valence-corrected chi connectivity index (χ3v) is 16.4. The highest BCUT2D eigenvalue weighted by atomic mass is 16.5. The van der Waals surface area contributed by atoms with Gasteiger partial charge in [-0.2, -0.15) is 0 Å². The van der Waals surface area contributed by atoms with Crippen LogP contribution in [0.2, 0.25) is 0 Å². The molecule has 384 valence electrons. The molecule has 4 heteroatoms. The quantitative estimate of drug-likeness (QED) is 0.0909. The summed E-state index contributed by atoms with van der Waals surface area (Å²) in [5.74, 6) is 3.07. The van der Waals surface area contributed by atoms with Crippen molar-refractivity contribution in [3.63, 3.8) is 0 Å². The molecule has 79 heavy (non-hydrogen) atoms. The Hall–Kier alpha value is -9.38. The maximum atomic E-state index is 6.43. The standard InChI is InChI=1S/C75H62N2O2/c1-4-7-18-53(6-3)51-78-62-45-38-60(39-46-62)77-73-27-16-14-25-68(73)69-49-56(33-48-74(69)77)54-31-36-59(37-32-54)76(72-28-17-20-55-19-11-12-23-65(55)72)61-40-47-67-66-24-13-15-26-70(66)75(71(67)50-61,57-21-9-8-10-22-57)58-34-43-64(44-35-58)79-63-41-29-52(5-2)30-42-63/h5,8-17,19-50,53H,2,4,6-7,18,51H2,1,3H3. The van der Waals surface area contributed by atoms with Crippen LogP contribution in [-0.4, -0.2) is 11.2 Å². The molecule has 2 atom stereocenters. The minimum Gasteiger partial charge on any atom is -0.493 e. The van der Waals surface area contributed by atoms with Gasteiger partial charge in [0.2, 0.25) is 0 Å². The molecule has 0 radical (unpaired) electrons. The Balaban J connectivity index is 0.895. The zero-order chi connectivity index (χ0) is 53.3. The number of aromatic nitrogens is 1. The molecule has 0 N–H and O–H groups in total. The fourth-order valence-electron chi connectivity index (χ4n) is 12.3. The summed E-state index contributed by atoms with van der Waals surface area (Å²) in [7, 11) is 0. The van der Waals surface area contributed by atoms with E-state index < -0.39 is 5.41 Å². The zero-order valence-corrected chi connectivity index (χ0v) is 44.9. The maximum absolute atomic E-state index is 6.43. The van der Waals surface area contributed by atoms with Gasteiger partial charge in [-0.1, -0.05) is 203 Å². The predicted octanol–water partition coefficient (Wildman–Crippen LogP) is 20.5. The first-order valence-electron chi connectivity index (χ1n) is 28.0. The van der Waals surface area contributed by atoms with Crippen molar-refractivity contribution in [3.8, 4) is 45.2 Å². The maximum Gasteiger partial charge on any atom is 0.127 e. The lowest BCUT2D eigenvalue weighted by Crippen LogP contribution is -2.28. The highest BCUT2D eigenvalue weighted by Gasteiger charge is 2.46. The lowest BCUT2D eigenvalue weighted by molar-refractivity contribution is 0.233. The summed E-state index contributed by atoms with van der Waals surface area (Å²) in [5, 5.41) is 4.81. The summed E-state index contributed by atoms with van der Waals surface area (Å²) in [6, 6.07) is 92.6. The largest absolute Gasteiger partial charge is 0.493 e. The van der Waals surface area contributed by atoms with Gasteiger partial charge in [0.1, 0.15) is 17.2 Å². The van der Waals surface area contributed by atoms with Gasteiger partial charge in [-0.15, -0.1) is 0 Å². The monoisotopic (exact) mass is 1020 g/mol. The van der Waals surface area contributed by atoms with Crippen molar-refractivity contribution in [1.29, 1.82) is 0 Å². The molecule has 4 nitrogen and oxygen atoms in total. The van der Waals surface area contributed by atoms with Gasteiger partial charge in [0.05, 0.1) is 28.7 Å². The van der Waals surface area contributed by atoms with Crippen molar-refractivity contribution in [2.75, 3.05) is 11.5 Å². The van der Waals surface area contributed by atoms with Crippen molar-refractivity contribution >= 4 is 55.7 Å². The summed E-state index contributed by atoms with van der Waals surface area (Å²) >= 11 is 0. The molecule has 12 aromatic rings. The van der Waals surface area contributed by atoms with Gasteiger partial charge in [-0.25, -0.2) is 0 Å². The van der Waals surface area contributed by atoms with Crippen LogP contribution in [0.15, 0.2) is 261 Å². The SMILES string of the molecule is C=Cc1ccc(Oc2ccc(C3(c4ccccc4)c4ccccc4-c4ccc(N(c5ccc(-c6ccc7c(c6)c6ccccc6n7-c6ccc(OCC(CC)CCCC)cc6)cc5)c5cccc6ccccc56)cc43)cc2)cc1. The first kappa shape index (κ1) is 49.2. The molecule has 0 bridgehead atoms. The second kappa shape index (κ2) is 21.2. The van der Waals surface area contributed by atoms with Crippen molar-refractivity contribution in [2.24, 2.45) is 5.92 Å². The third kappa shape index (κ3) is 8.94. The molecule has 0 aliphatic heterocycles. The van der Waals surface area contributed by atoms with Gasteiger partial charge in [-0.3, -0.25) is 0 Å². The van der Waals surface area contributed by atoms with Crippen molar-refractivity contribution in [1.82, 2.24) is 4.57 Å². The molecule has 1 heterocycles. The first-order valence-corrected chi connectivity index (χ1v) is 28.0. The summed E-state index contributed by atoms with van der Waals surface area (Å²) in [4.78, 5) is 2.45. The fraction of sp³-hybridized carbons (Fsp3) is 0.120. The number of anilines is 3. The van der Waals surface area contributed by atoms with Gasteiger partial charge >= 0.3 is 0 Å². The Bertz CT molecular complexity index is 4130. The highest BCUT2D eigenvalue weighted by molar-refractivity contribution is 6.10. The molecule has 2 unspecified atom stereocenters. The van der Waals surface area contributed by atoms with Crippen LogP contribution < -0.4 is 14.4 Å². The van der Waals surface area contributed by atoms with Crippen LogP contribution in [0.4, 0.5) is 17.1 Å². The average Bonchev–Trinajstić information content (AvgIpc) is 4.25. The summed E-state index contributed by atoms with van der Waals surface area (Å²) < 4.78 is 15.1. The average molecular weight is 1020 g/mol. The van der Waals surface area contributed by atoms with E-state index in [9.17, 15) is 0 Å². The highest BCUT2D eigenvalue weighted by Crippen LogP contribution is 2.58. The molecule has 0 spiro atoms. The van der Waals surface area contributed by atoms with Crippen molar-refractivity contribution in [2.45, 2.75) is 44.9 Å². The van der Waals surface area contributed by atoms with E-state index in [-0.39, 0.29) is 0 Å². The van der Waals surface area contributed by atoms with Crippen molar-refractivity contribution in [3.05, 3.63) is 289 Å². The van der Waals surface area contributed by atoms with E-state index in [2.05, 4.69) is 260 Å². The number of hydrogen-bond donors (Lipinski definition) is 0. The van der Waals surface area contributed by atoms with Crippen LogP contribution in [0, 0.1) is 5.92 Å². The van der Waals surface area contributed by atoms with E-state index in [0.29, 0.717) is 5.92 Å². The fourth-order valence-corrected chi connectivity index (χ4v) is 12.3. The Morgan fingerprint density at radius 2 is 1.14 bits per heavy atom. The van der Waals surface area contributed by atoms with Crippen LogP contribution in [0.1, 0.15) is 67.3 Å². The van der Waals surface area contributed by atoms with E-state index in [1.807, 2.05) is 30.3 Å². The molecule has 1 aliphatic rings. The van der Waals surface area contributed by atoms with Crippen LogP contribution in [0.25, 0.3) is 66.6 Å². The van der Waals surface area contributed by atoms with E-state index in [1.165, 1.54) is 90.8 Å². The minimum atomic E-state index is -0.632. The zero-order valence-electron chi connectivity index (χ0n) is 44.9. The molecule has 0 amide bonds. The lowest BCUT2D eigenvalue weighted by Gasteiger charge is -2.35. The van der Waals surface area contributed by atoms with Gasteiger partial charge in [0.25, 0.3) is 0 Å². The number of ether oxygens (including phenoxy) is 2. The van der Waals surface area contributed by atoms with E-state index >= 15 is 0 Å². The third-order valence-electron chi connectivity index (χ3n) is 16.4. The Morgan fingerprint density at radius 1 is 0.506 bits per heavy atom. The number of benzene rings is 11. The topological polar surface area (TPSA) is 26.6 Å². The number of hydrogen-bond acceptors (Lipinski definition) is 3. The number of para-hydroxylation sites is 1. The number of fused-ring (bicyclic) bond motifs is 7. The van der Waals surface area contributed by atoms with Crippen molar-refractivity contribution < 1.29 is 9.47 Å². The van der Waals surface area contributed by atoms with Gasteiger partial charge in [-0.05, 0) is 165 Å². The summed E-state index contributed by atoms with van der Waals surface area (Å²) in [6.07, 6.45) is 6.66. The predicted molar refractivity (Wildman–Crippen MR) is 331 cm³/mol. The summed E-state index contributed by atoms with van der Waals surface area (Å²) in [6.45, 7) is 9.20. The van der Waals surface area contributed by atoms with Gasteiger partial charge in [0, 0.05) is 33.2 Å². The normalized spacial score (nSPS) is 14.0. The number of rotatable bonds is 17. The number of nitrogens with zero attached hydrogens (tertiary/aromatic N) is 2. The second-order valence-electron chi connectivity index (χ2n) is 21.0. The molecule has 0 fully saturated rings.